The third-order valence-corrected chi connectivity index (χ3v) is 2.85. The van der Waals surface area contributed by atoms with Crippen LogP contribution in [0.4, 0.5) is 0 Å². The molecule has 2 aromatic carbocycles. The lowest BCUT2D eigenvalue weighted by Crippen LogP contribution is -1.91. The van der Waals surface area contributed by atoms with Gasteiger partial charge in [0.2, 0.25) is 0 Å². The fraction of sp³-hybridized carbons (Fsp3) is 0.154. The van der Waals surface area contributed by atoms with E-state index in [1.807, 2.05) is 24.3 Å². The zero-order valence-corrected chi connectivity index (χ0v) is 8.19. The molecule has 2 heteroatoms. The minimum atomic E-state index is 0.687. The Morgan fingerprint density at radius 2 is 2.13 bits per heavy atom. The van der Waals surface area contributed by atoms with Gasteiger partial charge < -0.3 is 4.74 Å². The number of rotatable bonds is 1. The van der Waals surface area contributed by atoms with Gasteiger partial charge in [-0.3, -0.25) is 4.79 Å². The summed E-state index contributed by atoms with van der Waals surface area (Å²) in [6.07, 6.45) is 1.80. The molecule has 0 saturated heterocycles. The van der Waals surface area contributed by atoms with Crippen LogP contribution in [0.2, 0.25) is 0 Å². The zero-order valence-electron chi connectivity index (χ0n) is 8.19. The Kier molecular flexibility index (Phi) is 1.75. The summed E-state index contributed by atoms with van der Waals surface area (Å²) in [5.41, 5.74) is 1.84. The highest BCUT2D eigenvalue weighted by molar-refractivity contribution is 6.01. The SMILES string of the molecule is O=Cc1c2c(cc3ccccc13)CCO2. The Hall–Kier alpha value is -1.83. The van der Waals surface area contributed by atoms with Gasteiger partial charge in [-0.15, -0.1) is 0 Å². The molecule has 0 aliphatic carbocycles. The Bertz CT molecular complexity index is 543. The van der Waals surface area contributed by atoms with Gasteiger partial charge in [-0.05, 0) is 22.4 Å². The Labute approximate surface area is 87.5 Å². The molecule has 0 amide bonds. The van der Waals surface area contributed by atoms with Crippen LogP contribution in [-0.2, 0) is 6.42 Å². The van der Waals surface area contributed by atoms with Gasteiger partial charge in [0.15, 0.2) is 6.29 Å². The summed E-state index contributed by atoms with van der Waals surface area (Å²) in [5.74, 6) is 0.781. The van der Waals surface area contributed by atoms with Gasteiger partial charge in [-0.2, -0.15) is 0 Å². The van der Waals surface area contributed by atoms with E-state index in [-0.39, 0.29) is 0 Å². The second-order valence-electron chi connectivity index (χ2n) is 3.72. The number of carbonyl (C=O) groups is 1. The van der Waals surface area contributed by atoms with E-state index in [4.69, 9.17) is 4.74 Å². The molecule has 0 atom stereocenters. The topological polar surface area (TPSA) is 26.3 Å². The Morgan fingerprint density at radius 1 is 1.27 bits per heavy atom. The second kappa shape index (κ2) is 3.09. The average molecular weight is 198 g/mol. The first kappa shape index (κ1) is 8.48. The molecular formula is C13H10O2. The van der Waals surface area contributed by atoms with Crippen LogP contribution in [0.1, 0.15) is 15.9 Å². The summed E-state index contributed by atoms with van der Waals surface area (Å²) in [5, 5.41) is 2.09. The van der Waals surface area contributed by atoms with Crippen molar-refractivity contribution in [3.63, 3.8) is 0 Å². The molecule has 0 saturated carbocycles. The molecule has 0 radical (unpaired) electrons. The van der Waals surface area contributed by atoms with Crippen molar-refractivity contribution < 1.29 is 9.53 Å². The first-order valence-corrected chi connectivity index (χ1v) is 5.03. The van der Waals surface area contributed by atoms with Crippen molar-refractivity contribution in [2.24, 2.45) is 0 Å². The molecule has 0 aromatic heterocycles. The Morgan fingerprint density at radius 3 is 3.00 bits per heavy atom. The van der Waals surface area contributed by atoms with E-state index < -0.39 is 0 Å². The normalized spacial score (nSPS) is 13.6. The molecule has 15 heavy (non-hydrogen) atoms. The molecule has 3 rings (SSSR count). The molecule has 0 bridgehead atoms. The fourth-order valence-corrected chi connectivity index (χ4v) is 2.15. The van der Waals surface area contributed by atoms with Gasteiger partial charge >= 0.3 is 0 Å². The number of hydrogen-bond donors (Lipinski definition) is 0. The van der Waals surface area contributed by atoms with Gasteiger partial charge in [0.05, 0.1) is 12.2 Å². The van der Waals surface area contributed by atoms with Crippen molar-refractivity contribution >= 4 is 17.1 Å². The van der Waals surface area contributed by atoms with Crippen molar-refractivity contribution in [2.45, 2.75) is 6.42 Å². The third kappa shape index (κ3) is 1.14. The van der Waals surface area contributed by atoms with E-state index in [2.05, 4.69) is 6.07 Å². The molecule has 0 unspecified atom stereocenters. The lowest BCUT2D eigenvalue weighted by Gasteiger charge is -2.06. The van der Waals surface area contributed by atoms with Gasteiger partial charge in [0, 0.05) is 6.42 Å². The first-order valence-electron chi connectivity index (χ1n) is 5.03. The van der Waals surface area contributed by atoms with E-state index in [1.165, 1.54) is 0 Å². The van der Waals surface area contributed by atoms with Gasteiger partial charge in [-0.1, -0.05) is 24.3 Å². The van der Waals surface area contributed by atoms with Crippen LogP contribution in [-0.4, -0.2) is 12.9 Å². The number of benzene rings is 2. The summed E-state index contributed by atoms with van der Waals surface area (Å²) < 4.78 is 5.50. The summed E-state index contributed by atoms with van der Waals surface area (Å²) in [4.78, 5) is 11.1. The van der Waals surface area contributed by atoms with Crippen molar-refractivity contribution in [1.82, 2.24) is 0 Å². The highest BCUT2D eigenvalue weighted by Crippen LogP contribution is 2.34. The largest absolute Gasteiger partial charge is 0.492 e. The minimum absolute atomic E-state index is 0.687. The summed E-state index contributed by atoms with van der Waals surface area (Å²) in [7, 11) is 0. The number of fused-ring (bicyclic) bond motifs is 2. The van der Waals surface area contributed by atoms with Gasteiger partial charge in [0.25, 0.3) is 0 Å². The smallest absolute Gasteiger partial charge is 0.154 e. The maximum absolute atomic E-state index is 11.1. The predicted octanol–water partition coefficient (Wildman–Crippen LogP) is 2.59. The molecule has 74 valence electrons. The van der Waals surface area contributed by atoms with E-state index in [0.717, 1.165) is 34.8 Å². The molecule has 0 spiro atoms. The van der Waals surface area contributed by atoms with E-state index in [1.54, 1.807) is 0 Å². The number of hydrogen-bond acceptors (Lipinski definition) is 2. The number of aldehydes is 1. The molecular weight excluding hydrogens is 188 g/mol. The highest BCUT2D eigenvalue weighted by atomic mass is 16.5. The first-order chi connectivity index (χ1) is 7.40. The maximum atomic E-state index is 11.1. The lowest BCUT2D eigenvalue weighted by atomic mass is 10.00. The van der Waals surface area contributed by atoms with Crippen LogP contribution in [0, 0.1) is 0 Å². The van der Waals surface area contributed by atoms with E-state index in [0.29, 0.717) is 12.2 Å². The summed E-state index contributed by atoms with van der Waals surface area (Å²) in [6, 6.07) is 10.0. The zero-order chi connectivity index (χ0) is 10.3. The van der Waals surface area contributed by atoms with Crippen LogP contribution >= 0.6 is 0 Å². The molecule has 2 nitrogen and oxygen atoms in total. The maximum Gasteiger partial charge on any atom is 0.154 e. The third-order valence-electron chi connectivity index (χ3n) is 2.85. The van der Waals surface area contributed by atoms with Gasteiger partial charge in [0.1, 0.15) is 5.75 Å². The molecule has 1 aliphatic heterocycles. The van der Waals surface area contributed by atoms with Crippen LogP contribution in [0.3, 0.4) is 0 Å². The lowest BCUT2D eigenvalue weighted by molar-refractivity contribution is 0.112. The predicted molar refractivity (Wildman–Crippen MR) is 58.5 cm³/mol. The van der Waals surface area contributed by atoms with Crippen LogP contribution < -0.4 is 4.74 Å². The van der Waals surface area contributed by atoms with Crippen molar-refractivity contribution in [3.05, 3.63) is 41.5 Å². The molecule has 0 N–H and O–H groups in total. The van der Waals surface area contributed by atoms with Crippen molar-refractivity contribution in [1.29, 1.82) is 0 Å². The molecule has 1 heterocycles. The second-order valence-corrected chi connectivity index (χ2v) is 3.72. The monoisotopic (exact) mass is 198 g/mol. The standard InChI is InChI=1S/C13H10O2/c14-8-12-11-4-2-1-3-9(11)7-10-5-6-15-13(10)12/h1-4,7-8H,5-6H2. The van der Waals surface area contributed by atoms with Crippen LogP contribution in [0.25, 0.3) is 10.8 Å². The highest BCUT2D eigenvalue weighted by Gasteiger charge is 2.18. The number of carbonyl (C=O) groups excluding carboxylic acids is 1. The minimum Gasteiger partial charge on any atom is -0.492 e. The van der Waals surface area contributed by atoms with E-state index in [9.17, 15) is 4.79 Å². The summed E-state index contributed by atoms with van der Waals surface area (Å²) >= 11 is 0. The van der Waals surface area contributed by atoms with Crippen LogP contribution in [0.5, 0.6) is 5.75 Å². The van der Waals surface area contributed by atoms with E-state index >= 15 is 0 Å². The van der Waals surface area contributed by atoms with Crippen LogP contribution in [0.15, 0.2) is 30.3 Å². The average Bonchev–Trinajstić information content (AvgIpc) is 2.73. The van der Waals surface area contributed by atoms with Crippen molar-refractivity contribution in [3.8, 4) is 5.75 Å². The quantitative estimate of drug-likeness (QED) is 0.658. The number of ether oxygens (including phenoxy) is 1. The molecule has 0 fully saturated rings. The van der Waals surface area contributed by atoms with Crippen molar-refractivity contribution in [2.75, 3.05) is 6.61 Å². The fourth-order valence-electron chi connectivity index (χ4n) is 2.15. The molecule has 2 aromatic rings. The Balaban J connectivity index is 2.46. The van der Waals surface area contributed by atoms with Gasteiger partial charge in [-0.25, -0.2) is 0 Å². The molecule has 1 aliphatic rings. The summed E-state index contributed by atoms with van der Waals surface area (Å²) in [6.45, 7) is 0.687.